The highest BCUT2D eigenvalue weighted by Gasteiger charge is 2.50. The second kappa shape index (κ2) is 7.94. The minimum Gasteiger partial charge on any atom is -0.484 e. The minimum absolute atomic E-state index is 0.125. The van der Waals surface area contributed by atoms with Gasteiger partial charge in [-0.3, -0.25) is 9.59 Å². The topological polar surface area (TPSA) is 106 Å². The van der Waals surface area contributed by atoms with Crippen LogP contribution < -0.4 is 24.8 Å². The number of benzene rings is 2. The van der Waals surface area contributed by atoms with Crippen LogP contribution in [0.2, 0.25) is 0 Å². The predicted octanol–water partition coefficient (Wildman–Crippen LogP) is 2.62. The lowest BCUT2D eigenvalue weighted by Crippen LogP contribution is -2.61. The first-order valence-electron chi connectivity index (χ1n) is 10.4. The van der Waals surface area contributed by atoms with E-state index in [1.54, 1.807) is 0 Å². The summed E-state index contributed by atoms with van der Waals surface area (Å²) in [5.74, 6) is -1.73. The van der Waals surface area contributed by atoms with E-state index in [9.17, 15) is 27.9 Å². The molecule has 3 N–H and O–H groups in total. The molecule has 1 saturated carbocycles. The van der Waals surface area contributed by atoms with E-state index in [1.807, 2.05) is 0 Å². The van der Waals surface area contributed by atoms with Crippen molar-refractivity contribution in [2.75, 3.05) is 6.61 Å². The zero-order valence-electron chi connectivity index (χ0n) is 17.6. The predicted molar refractivity (Wildman–Crippen MR) is 110 cm³/mol. The standard InChI is InChI=1S/C23H19F3N2O6/c24-14-3-1-2-12(6-14)21(31)28-22-8-13(9-22)20(16(29)10-22)27-19(30)11-32-15-4-5-17-18(7-15)34-23(25,26)33-17/h1-7,16,29H,8-11H2,(H,27,30)(H,28,31)/t16-/m0/s1. The Hall–Kier alpha value is -3.73. The Balaban J connectivity index is 1.16. The first-order chi connectivity index (χ1) is 16.1. The number of carbonyl (C=O) groups excluding carboxylic acids is 2. The number of rotatable bonds is 6. The Labute approximate surface area is 191 Å². The largest absolute Gasteiger partial charge is 0.586 e. The van der Waals surface area contributed by atoms with Gasteiger partial charge in [0.1, 0.15) is 11.6 Å². The van der Waals surface area contributed by atoms with Gasteiger partial charge in [-0.2, -0.15) is 0 Å². The molecule has 3 aliphatic carbocycles. The lowest BCUT2D eigenvalue weighted by atomic mass is 9.63. The SMILES string of the molecule is O=C(COc1ccc2c(c1)OC(F)(F)O2)NC1=C2CC(NC(=O)c3cccc(F)c3)(C2)C[C@@H]1O. The van der Waals surface area contributed by atoms with E-state index in [4.69, 9.17) is 4.74 Å². The fourth-order valence-electron chi connectivity index (χ4n) is 4.42. The maximum Gasteiger partial charge on any atom is 0.586 e. The number of fused-ring (bicyclic) bond motifs is 3. The first kappa shape index (κ1) is 22.1. The summed E-state index contributed by atoms with van der Waals surface area (Å²) in [4.78, 5) is 24.8. The molecular weight excluding hydrogens is 457 g/mol. The molecule has 8 nitrogen and oxygen atoms in total. The van der Waals surface area contributed by atoms with Crippen LogP contribution in [-0.2, 0) is 4.79 Å². The third-order valence-corrected chi connectivity index (χ3v) is 5.88. The summed E-state index contributed by atoms with van der Waals surface area (Å²) in [6, 6.07) is 9.11. The molecule has 1 heterocycles. The number of aliphatic hydroxyl groups is 1. The van der Waals surface area contributed by atoms with Crippen LogP contribution in [0, 0.1) is 5.82 Å². The van der Waals surface area contributed by atoms with Gasteiger partial charge in [-0.25, -0.2) is 4.39 Å². The third-order valence-electron chi connectivity index (χ3n) is 5.88. The monoisotopic (exact) mass is 476 g/mol. The van der Waals surface area contributed by atoms with E-state index in [0.717, 1.165) is 11.6 Å². The van der Waals surface area contributed by atoms with Gasteiger partial charge in [0.15, 0.2) is 18.1 Å². The molecule has 0 radical (unpaired) electrons. The summed E-state index contributed by atoms with van der Waals surface area (Å²) in [7, 11) is 0. The molecule has 0 aromatic heterocycles. The Bertz CT molecular complexity index is 1210. The number of amides is 2. The minimum atomic E-state index is -3.75. The van der Waals surface area contributed by atoms with Crippen LogP contribution in [0.3, 0.4) is 0 Å². The summed E-state index contributed by atoms with van der Waals surface area (Å²) in [5, 5.41) is 16.0. The average molecular weight is 476 g/mol. The Morgan fingerprint density at radius 2 is 1.88 bits per heavy atom. The van der Waals surface area contributed by atoms with Gasteiger partial charge in [0.2, 0.25) is 0 Å². The highest BCUT2D eigenvalue weighted by molar-refractivity contribution is 5.95. The lowest BCUT2D eigenvalue weighted by Gasteiger charge is -2.51. The van der Waals surface area contributed by atoms with Crippen LogP contribution in [-0.4, -0.2) is 41.5 Å². The molecule has 178 valence electrons. The summed E-state index contributed by atoms with van der Waals surface area (Å²) in [6.45, 7) is -0.430. The van der Waals surface area contributed by atoms with Gasteiger partial charge in [0.05, 0.1) is 11.6 Å². The first-order valence-corrected chi connectivity index (χ1v) is 10.4. The molecule has 1 atom stereocenters. The molecule has 0 unspecified atom stereocenters. The molecule has 1 fully saturated rings. The van der Waals surface area contributed by atoms with E-state index in [-0.39, 0.29) is 29.2 Å². The molecule has 0 saturated heterocycles. The Morgan fingerprint density at radius 1 is 1.12 bits per heavy atom. The highest BCUT2D eigenvalue weighted by Crippen LogP contribution is 2.48. The van der Waals surface area contributed by atoms with Crippen molar-refractivity contribution in [3.05, 3.63) is 65.1 Å². The molecule has 2 aromatic carbocycles. The molecule has 1 aliphatic heterocycles. The van der Waals surface area contributed by atoms with Crippen molar-refractivity contribution in [2.24, 2.45) is 0 Å². The van der Waals surface area contributed by atoms with Gasteiger partial charge >= 0.3 is 6.29 Å². The van der Waals surface area contributed by atoms with Crippen LogP contribution in [0.25, 0.3) is 0 Å². The van der Waals surface area contributed by atoms with Crippen LogP contribution in [0.1, 0.15) is 29.6 Å². The summed E-state index contributed by atoms with van der Waals surface area (Å²) in [6.07, 6.45) is -3.69. The van der Waals surface area contributed by atoms with Crippen LogP contribution in [0.15, 0.2) is 53.7 Å². The number of ether oxygens (including phenoxy) is 3. The smallest absolute Gasteiger partial charge is 0.484 e. The number of nitrogens with one attached hydrogen (secondary N) is 2. The number of hydrogen-bond acceptors (Lipinski definition) is 6. The number of alkyl halides is 2. The highest BCUT2D eigenvalue weighted by atomic mass is 19.3. The fourth-order valence-corrected chi connectivity index (χ4v) is 4.42. The van der Waals surface area contributed by atoms with E-state index in [1.165, 1.54) is 36.4 Å². The van der Waals surface area contributed by atoms with Crippen molar-refractivity contribution < 1.29 is 42.1 Å². The molecule has 2 aromatic rings. The molecule has 2 bridgehead atoms. The number of aliphatic hydroxyl groups excluding tert-OH is 1. The average Bonchev–Trinajstić information content (AvgIpc) is 3.06. The van der Waals surface area contributed by atoms with Crippen molar-refractivity contribution >= 4 is 11.8 Å². The van der Waals surface area contributed by atoms with E-state index < -0.39 is 42.2 Å². The van der Waals surface area contributed by atoms with Crippen LogP contribution in [0.4, 0.5) is 13.2 Å². The van der Waals surface area contributed by atoms with Crippen molar-refractivity contribution in [3.63, 3.8) is 0 Å². The molecule has 11 heteroatoms. The van der Waals surface area contributed by atoms with Gasteiger partial charge in [-0.15, -0.1) is 8.78 Å². The van der Waals surface area contributed by atoms with Gasteiger partial charge in [-0.05, 0) is 48.7 Å². The Morgan fingerprint density at radius 3 is 2.62 bits per heavy atom. The molecule has 0 spiro atoms. The molecule has 34 heavy (non-hydrogen) atoms. The summed E-state index contributed by atoms with van der Waals surface area (Å²) < 4.78 is 53.6. The Kier molecular flexibility index (Phi) is 5.16. The fraction of sp³-hybridized carbons (Fsp3) is 0.304. The van der Waals surface area contributed by atoms with Crippen molar-refractivity contribution in [1.29, 1.82) is 0 Å². The molecule has 4 aliphatic rings. The summed E-state index contributed by atoms with van der Waals surface area (Å²) >= 11 is 0. The molecular formula is C23H19F3N2O6. The number of hydrogen-bond donors (Lipinski definition) is 3. The number of halogens is 3. The van der Waals surface area contributed by atoms with Gasteiger partial charge in [-0.1, -0.05) is 6.07 Å². The molecule has 2 amide bonds. The van der Waals surface area contributed by atoms with E-state index in [0.29, 0.717) is 18.5 Å². The summed E-state index contributed by atoms with van der Waals surface area (Å²) in [5.41, 5.74) is 0.680. The third kappa shape index (κ3) is 4.26. The normalized spacial score (nSPS) is 23.7. The molecule has 6 rings (SSSR count). The van der Waals surface area contributed by atoms with Gasteiger partial charge in [0.25, 0.3) is 11.8 Å². The number of carbonyl (C=O) groups is 2. The van der Waals surface area contributed by atoms with E-state index in [2.05, 4.69) is 20.1 Å². The van der Waals surface area contributed by atoms with Gasteiger partial charge in [0, 0.05) is 23.7 Å². The van der Waals surface area contributed by atoms with Crippen LogP contribution in [0.5, 0.6) is 17.2 Å². The maximum atomic E-state index is 13.4. The van der Waals surface area contributed by atoms with Crippen molar-refractivity contribution in [1.82, 2.24) is 10.6 Å². The maximum absolute atomic E-state index is 13.4. The quantitative estimate of drug-likeness (QED) is 0.592. The van der Waals surface area contributed by atoms with Gasteiger partial charge < -0.3 is 30.0 Å². The van der Waals surface area contributed by atoms with Crippen molar-refractivity contribution in [2.45, 2.75) is 37.2 Å². The second-order valence-corrected chi connectivity index (χ2v) is 8.45. The second-order valence-electron chi connectivity index (χ2n) is 8.45. The zero-order chi connectivity index (χ0) is 24.1. The van der Waals surface area contributed by atoms with Crippen molar-refractivity contribution in [3.8, 4) is 17.2 Å². The van der Waals surface area contributed by atoms with E-state index >= 15 is 0 Å². The van der Waals surface area contributed by atoms with Crippen LogP contribution >= 0.6 is 0 Å². The zero-order valence-corrected chi connectivity index (χ0v) is 17.6. The lowest BCUT2D eigenvalue weighted by molar-refractivity contribution is -0.286.